The number of carbonyl (C=O) groups is 3. The van der Waals surface area contributed by atoms with Crippen molar-refractivity contribution in [1.29, 1.82) is 0 Å². The number of ether oxygens (including phenoxy) is 1. The van der Waals surface area contributed by atoms with Gasteiger partial charge in [-0.1, -0.05) is 0 Å². The molecule has 0 aromatic heterocycles. The average Bonchev–Trinajstić information content (AvgIpc) is 3.30. The Hall–Kier alpha value is -2.41. The van der Waals surface area contributed by atoms with E-state index in [1.807, 2.05) is 0 Å². The number of rotatable bonds is 4. The van der Waals surface area contributed by atoms with Crippen molar-refractivity contribution >= 4 is 23.5 Å². The number of nitrogens with one attached hydrogen (secondary N) is 1. The molecule has 7 heteroatoms. The molecular weight excluding hydrogens is 348 g/mol. The fourth-order valence-corrected chi connectivity index (χ4v) is 4.89. The van der Waals surface area contributed by atoms with Gasteiger partial charge in [-0.2, -0.15) is 0 Å². The first-order valence-corrected chi connectivity index (χ1v) is 9.55. The average molecular weight is 372 g/mol. The summed E-state index contributed by atoms with van der Waals surface area (Å²) in [5.41, 5.74) is 1.16. The number of hydrogen-bond donors (Lipinski definition) is 2. The first-order valence-electron chi connectivity index (χ1n) is 9.55. The molecular formula is C20H24N2O5. The Kier molecular flexibility index (Phi) is 4.86. The predicted octanol–water partition coefficient (Wildman–Crippen LogP) is 1.84. The highest BCUT2D eigenvalue weighted by molar-refractivity contribution is 5.97. The number of amides is 2. The van der Waals surface area contributed by atoms with Crippen LogP contribution < -0.4 is 5.32 Å². The number of nitrogens with zero attached hydrogens (tertiary/aromatic N) is 1. The topological polar surface area (TPSA) is 95.9 Å². The second-order valence-electron chi connectivity index (χ2n) is 7.69. The smallest absolute Gasteiger partial charge is 0.307 e. The van der Waals surface area contributed by atoms with Gasteiger partial charge >= 0.3 is 5.97 Å². The van der Waals surface area contributed by atoms with E-state index in [0.29, 0.717) is 37.6 Å². The third-order valence-corrected chi connectivity index (χ3v) is 6.20. The molecule has 2 aliphatic carbocycles. The van der Waals surface area contributed by atoms with Crippen LogP contribution in [0.5, 0.6) is 0 Å². The molecule has 3 fully saturated rings. The molecule has 1 aromatic carbocycles. The molecule has 1 saturated heterocycles. The van der Waals surface area contributed by atoms with Gasteiger partial charge in [0.25, 0.3) is 5.91 Å². The third-order valence-electron chi connectivity index (χ3n) is 6.20. The van der Waals surface area contributed by atoms with Crippen molar-refractivity contribution in [3.8, 4) is 0 Å². The van der Waals surface area contributed by atoms with Crippen molar-refractivity contribution in [3.05, 3.63) is 29.8 Å². The molecule has 3 aliphatic rings. The van der Waals surface area contributed by atoms with Crippen molar-refractivity contribution < 1.29 is 24.2 Å². The summed E-state index contributed by atoms with van der Waals surface area (Å²) in [7, 11) is 0. The van der Waals surface area contributed by atoms with E-state index in [-0.39, 0.29) is 23.7 Å². The van der Waals surface area contributed by atoms with Crippen LogP contribution in [0.2, 0.25) is 0 Å². The maximum absolute atomic E-state index is 12.7. The summed E-state index contributed by atoms with van der Waals surface area (Å²) >= 11 is 0. The van der Waals surface area contributed by atoms with Crippen LogP contribution in [0.25, 0.3) is 0 Å². The number of carboxylic acid groups (broad SMARTS) is 1. The van der Waals surface area contributed by atoms with Gasteiger partial charge in [-0.3, -0.25) is 14.4 Å². The molecule has 7 nitrogen and oxygen atoms in total. The van der Waals surface area contributed by atoms with E-state index in [0.717, 1.165) is 19.3 Å². The predicted molar refractivity (Wildman–Crippen MR) is 97.2 cm³/mol. The summed E-state index contributed by atoms with van der Waals surface area (Å²) in [5.74, 6) is -1.89. The van der Waals surface area contributed by atoms with E-state index in [1.165, 1.54) is 0 Å². The second kappa shape index (κ2) is 7.31. The number of benzene rings is 1. The largest absolute Gasteiger partial charge is 0.481 e. The van der Waals surface area contributed by atoms with Gasteiger partial charge < -0.3 is 20.1 Å². The van der Waals surface area contributed by atoms with Crippen LogP contribution >= 0.6 is 0 Å². The Morgan fingerprint density at radius 3 is 2.26 bits per heavy atom. The SMILES string of the molecule is O=C(Nc1ccc(C(=O)N2CCOCC2)cc1)[C@@H]1[C@H]2CC[C@@H](C2)[C@@H]1C(=O)O. The minimum atomic E-state index is -0.867. The lowest BCUT2D eigenvalue weighted by Crippen LogP contribution is -2.40. The first kappa shape index (κ1) is 18.0. The highest BCUT2D eigenvalue weighted by Crippen LogP contribution is 2.52. The fraction of sp³-hybridized carbons (Fsp3) is 0.550. The first-order chi connectivity index (χ1) is 13.0. The molecule has 2 amide bonds. The Balaban J connectivity index is 1.41. The van der Waals surface area contributed by atoms with Crippen LogP contribution in [-0.4, -0.2) is 54.1 Å². The number of carboxylic acids is 1. The fourth-order valence-electron chi connectivity index (χ4n) is 4.89. The molecule has 2 bridgehead atoms. The monoisotopic (exact) mass is 372 g/mol. The van der Waals surface area contributed by atoms with Crippen molar-refractivity contribution in [3.63, 3.8) is 0 Å². The summed E-state index contributed by atoms with van der Waals surface area (Å²) < 4.78 is 5.26. The molecule has 27 heavy (non-hydrogen) atoms. The molecule has 0 unspecified atom stereocenters. The Morgan fingerprint density at radius 1 is 1.00 bits per heavy atom. The third kappa shape index (κ3) is 3.43. The molecule has 0 spiro atoms. The Labute approximate surface area is 157 Å². The highest BCUT2D eigenvalue weighted by atomic mass is 16.5. The lowest BCUT2D eigenvalue weighted by molar-refractivity contribution is -0.148. The maximum atomic E-state index is 12.7. The van der Waals surface area contributed by atoms with Gasteiger partial charge in [0.05, 0.1) is 25.0 Å². The number of aliphatic carboxylic acids is 1. The zero-order valence-electron chi connectivity index (χ0n) is 15.1. The van der Waals surface area contributed by atoms with Gasteiger partial charge in [0, 0.05) is 24.3 Å². The summed E-state index contributed by atoms with van der Waals surface area (Å²) in [6.07, 6.45) is 2.67. The van der Waals surface area contributed by atoms with Crippen LogP contribution in [-0.2, 0) is 14.3 Å². The number of fused-ring (bicyclic) bond motifs is 2. The van der Waals surface area contributed by atoms with Crippen LogP contribution in [0, 0.1) is 23.7 Å². The Bertz CT molecular complexity index is 741. The quantitative estimate of drug-likeness (QED) is 0.841. The molecule has 4 atom stereocenters. The molecule has 4 rings (SSSR count). The molecule has 144 valence electrons. The van der Waals surface area contributed by atoms with Gasteiger partial charge in [-0.25, -0.2) is 0 Å². The van der Waals surface area contributed by atoms with E-state index in [9.17, 15) is 19.5 Å². The van der Waals surface area contributed by atoms with Gasteiger partial charge in [0.1, 0.15) is 0 Å². The number of anilines is 1. The van der Waals surface area contributed by atoms with Crippen LogP contribution in [0.3, 0.4) is 0 Å². The summed E-state index contributed by atoms with van der Waals surface area (Å²) in [6.45, 7) is 2.26. The molecule has 0 radical (unpaired) electrons. The van der Waals surface area contributed by atoms with E-state index < -0.39 is 17.8 Å². The molecule has 1 aliphatic heterocycles. The van der Waals surface area contributed by atoms with Crippen LogP contribution in [0.1, 0.15) is 29.6 Å². The zero-order chi connectivity index (χ0) is 19.0. The summed E-state index contributed by atoms with van der Waals surface area (Å²) in [6, 6.07) is 6.80. The Morgan fingerprint density at radius 2 is 1.63 bits per heavy atom. The van der Waals surface area contributed by atoms with Gasteiger partial charge in [-0.05, 0) is 55.4 Å². The summed E-state index contributed by atoms with van der Waals surface area (Å²) in [5, 5.41) is 12.4. The van der Waals surface area contributed by atoms with Gasteiger partial charge in [0.2, 0.25) is 5.91 Å². The second-order valence-corrected chi connectivity index (χ2v) is 7.69. The van der Waals surface area contributed by atoms with E-state index >= 15 is 0 Å². The van der Waals surface area contributed by atoms with Gasteiger partial charge in [0.15, 0.2) is 0 Å². The molecule has 2 N–H and O–H groups in total. The van der Waals surface area contributed by atoms with Crippen molar-refractivity contribution in [1.82, 2.24) is 4.90 Å². The van der Waals surface area contributed by atoms with Crippen molar-refractivity contribution in [2.24, 2.45) is 23.7 Å². The maximum Gasteiger partial charge on any atom is 0.307 e. The number of morpholine rings is 1. The standard InChI is InChI=1S/C20H24N2O5/c23-18(16-13-1-2-14(11-13)17(16)20(25)26)21-15-5-3-12(4-6-15)19(24)22-7-9-27-10-8-22/h3-6,13-14,16-17H,1-2,7-11H2,(H,21,23)(H,25,26)/t13-,14-,16+,17-/m0/s1. The summed E-state index contributed by atoms with van der Waals surface area (Å²) in [4.78, 5) is 38.5. The molecule has 1 heterocycles. The highest BCUT2D eigenvalue weighted by Gasteiger charge is 2.53. The molecule has 2 saturated carbocycles. The minimum Gasteiger partial charge on any atom is -0.481 e. The zero-order valence-corrected chi connectivity index (χ0v) is 15.1. The number of hydrogen-bond acceptors (Lipinski definition) is 4. The van der Waals surface area contributed by atoms with Crippen molar-refractivity contribution in [2.75, 3.05) is 31.6 Å². The number of carbonyl (C=O) groups excluding carboxylic acids is 2. The minimum absolute atomic E-state index is 0.0461. The lowest BCUT2D eigenvalue weighted by atomic mass is 9.78. The molecule has 1 aromatic rings. The van der Waals surface area contributed by atoms with Crippen LogP contribution in [0.4, 0.5) is 5.69 Å². The van der Waals surface area contributed by atoms with Gasteiger partial charge in [-0.15, -0.1) is 0 Å². The normalized spacial score (nSPS) is 29.6. The van der Waals surface area contributed by atoms with Crippen molar-refractivity contribution in [2.45, 2.75) is 19.3 Å². The van der Waals surface area contributed by atoms with E-state index in [2.05, 4.69) is 5.32 Å². The van der Waals surface area contributed by atoms with Crippen LogP contribution in [0.15, 0.2) is 24.3 Å². The lowest BCUT2D eigenvalue weighted by Gasteiger charge is -2.27. The van der Waals surface area contributed by atoms with E-state index in [4.69, 9.17) is 4.74 Å². The van der Waals surface area contributed by atoms with E-state index in [1.54, 1.807) is 29.2 Å².